The fraction of sp³-hybridized carbons (Fsp3) is 0.263. The van der Waals surface area contributed by atoms with E-state index in [2.05, 4.69) is 5.32 Å². The molecule has 1 aliphatic heterocycles. The maximum atomic E-state index is 12.8. The number of halogens is 1. The van der Waals surface area contributed by atoms with Gasteiger partial charge in [-0.3, -0.25) is 9.69 Å². The van der Waals surface area contributed by atoms with Gasteiger partial charge in [-0.05, 0) is 31.4 Å². The zero-order valence-corrected chi connectivity index (χ0v) is 14.2. The monoisotopic (exact) mass is 342 g/mol. The van der Waals surface area contributed by atoms with E-state index in [4.69, 9.17) is 11.6 Å². The van der Waals surface area contributed by atoms with Gasteiger partial charge >= 0.3 is 6.03 Å². The van der Waals surface area contributed by atoms with Crippen LogP contribution in [-0.2, 0) is 16.8 Å². The van der Waals surface area contributed by atoms with Crippen molar-refractivity contribution in [3.63, 3.8) is 0 Å². The third-order valence-corrected chi connectivity index (χ3v) is 4.71. The highest BCUT2D eigenvalue weighted by Crippen LogP contribution is 2.33. The number of hydrogen-bond donors (Lipinski definition) is 1. The van der Waals surface area contributed by atoms with Crippen molar-refractivity contribution in [1.82, 2.24) is 10.2 Å². The predicted octanol–water partition coefficient (Wildman–Crippen LogP) is 3.74. The van der Waals surface area contributed by atoms with Gasteiger partial charge in [0.05, 0.1) is 0 Å². The van der Waals surface area contributed by atoms with Gasteiger partial charge in [-0.1, -0.05) is 60.1 Å². The lowest BCUT2D eigenvalue weighted by Gasteiger charge is -2.23. The van der Waals surface area contributed by atoms with E-state index in [0.29, 0.717) is 17.1 Å². The van der Waals surface area contributed by atoms with E-state index in [-0.39, 0.29) is 11.9 Å². The number of rotatable bonds is 5. The Morgan fingerprint density at radius 1 is 1.04 bits per heavy atom. The maximum Gasteiger partial charge on any atom is 0.325 e. The quantitative estimate of drug-likeness (QED) is 0.841. The summed E-state index contributed by atoms with van der Waals surface area (Å²) in [6.45, 7) is 2.09. The lowest BCUT2D eigenvalue weighted by atomic mass is 9.92. The topological polar surface area (TPSA) is 49.4 Å². The molecule has 5 heteroatoms. The summed E-state index contributed by atoms with van der Waals surface area (Å²) in [5, 5.41) is 3.26. The van der Waals surface area contributed by atoms with Gasteiger partial charge in [-0.2, -0.15) is 0 Å². The van der Waals surface area contributed by atoms with Gasteiger partial charge in [0.15, 0.2) is 0 Å². The zero-order chi connectivity index (χ0) is 17.2. The Kier molecular flexibility index (Phi) is 4.58. The summed E-state index contributed by atoms with van der Waals surface area (Å²) in [7, 11) is 0. The Morgan fingerprint density at radius 3 is 2.42 bits per heavy atom. The Hall–Kier alpha value is -2.33. The van der Waals surface area contributed by atoms with Gasteiger partial charge in [0.25, 0.3) is 5.91 Å². The molecule has 0 aliphatic carbocycles. The number of carbonyl (C=O) groups is 2. The molecule has 2 aromatic carbocycles. The average molecular weight is 343 g/mol. The zero-order valence-electron chi connectivity index (χ0n) is 13.5. The SMILES string of the molecule is C[C@]1(c2ccccc2Cl)NC(=O)N(CCCc2ccccc2)C1=O. The van der Waals surface area contributed by atoms with Crippen molar-refractivity contribution in [2.75, 3.05) is 6.54 Å². The Bertz CT molecular complexity index is 763. The van der Waals surface area contributed by atoms with Crippen LogP contribution in [0.1, 0.15) is 24.5 Å². The molecule has 124 valence electrons. The number of hydrogen-bond acceptors (Lipinski definition) is 2. The van der Waals surface area contributed by atoms with E-state index in [1.807, 2.05) is 36.4 Å². The summed E-state index contributed by atoms with van der Waals surface area (Å²) in [5.41, 5.74) is 0.705. The van der Waals surface area contributed by atoms with Crippen molar-refractivity contribution in [2.24, 2.45) is 0 Å². The second-order valence-electron chi connectivity index (χ2n) is 6.08. The third kappa shape index (κ3) is 3.02. The minimum Gasteiger partial charge on any atom is -0.319 e. The molecule has 1 aliphatic rings. The molecule has 1 atom stereocenters. The Labute approximate surface area is 146 Å². The van der Waals surface area contributed by atoms with Crippen molar-refractivity contribution in [1.29, 1.82) is 0 Å². The molecule has 1 fully saturated rings. The first kappa shape index (κ1) is 16.5. The Morgan fingerprint density at radius 2 is 1.71 bits per heavy atom. The molecular weight excluding hydrogens is 324 g/mol. The molecular formula is C19H19ClN2O2. The molecule has 3 rings (SSSR count). The molecule has 3 amide bonds. The molecule has 0 bridgehead atoms. The fourth-order valence-electron chi connectivity index (χ4n) is 3.04. The van der Waals surface area contributed by atoms with E-state index < -0.39 is 5.54 Å². The normalized spacial score (nSPS) is 20.3. The molecule has 0 unspecified atom stereocenters. The van der Waals surface area contributed by atoms with Crippen LogP contribution < -0.4 is 5.32 Å². The lowest BCUT2D eigenvalue weighted by Crippen LogP contribution is -2.41. The van der Waals surface area contributed by atoms with Crippen molar-refractivity contribution in [3.8, 4) is 0 Å². The molecule has 0 saturated carbocycles. The van der Waals surface area contributed by atoms with Crippen LogP contribution in [0.5, 0.6) is 0 Å². The summed E-state index contributed by atoms with van der Waals surface area (Å²) >= 11 is 6.22. The van der Waals surface area contributed by atoms with Gasteiger partial charge in [0, 0.05) is 17.1 Å². The van der Waals surface area contributed by atoms with E-state index >= 15 is 0 Å². The van der Waals surface area contributed by atoms with Gasteiger partial charge in [0.2, 0.25) is 0 Å². The molecule has 1 N–H and O–H groups in total. The second kappa shape index (κ2) is 6.65. The second-order valence-corrected chi connectivity index (χ2v) is 6.49. The molecule has 2 aromatic rings. The summed E-state index contributed by atoms with van der Waals surface area (Å²) in [5.74, 6) is -0.256. The molecule has 0 radical (unpaired) electrons. The van der Waals surface area contributed by atoms with Crippen LogP contribution in [0.3, 0.4) is 0 Å². The summed E-state index contributed by atoms with van der Waals surface area (Å²) in [4.78, 5) is 26.4. The smallest absolute Gasteiger partial charge is 0.319 e. The Balaban J connectivity index is 1.71. The summed E-state index contributed by atoms with van der Waals surface area (Å²) in [6, 6.07) is 16.8. The van der Waals surface area contributed by atoms with Crippen LogP contribution in [0, 0.1) is 0 Å². The van der Waals surface area contributed by atoms with Crippen LogP contribution in [0.25, 0.3) is 0 Å². The van der Waals surface area contributed by atoms with E-state index in [9.17, 15) is 9.59 Å². The highest BCUT2D eigenvalue weighted by molar-refractivity contribution is 6.32. The van der Waals surface area contributed by atoms with E-state index in [0.717, 1.165) is 12.8 Å². The van der Waals surface area contributed by atoms with E-state index in [1.54, 1.807) is 25.1 Å². The van der Waals surface area contributed by atoms with Crippen molar-refractivity contribution >= 4 is 23.5 Å². The van der Waals surface area contributed by atoms with E-state index in [1.165, 1.54) is 10.5 Å². The van der Waals surface area contributed by atoms with Crippen LogP contribution >= 0.6 is 11.6 Å². The highest BCUT2D eigenvalue weighted by atomic mass is 35.5. The van der Waals surface area contributed by atoms with Gasteiger partial charge < -0.3 is 5.32 Å². The number of nitrogens with zero attached hydrogens (tertiary/aromatic N) is 1. The third-order valence-electron chi connectivity index (χ3n) is 4.38. The molecule has 24 heavy (non-hydrogen) atoms. The first-order valence-corrected chi connectivity index (χ1v) is 8.33. The predicted molar refractivity (Wildman–Crippen MR) is 93.8 cm³/mol. The summed E-state index contributed by atoms with van der Waals surface area (Å²) < 4.78 is 0. The van der Waals surface area contributed by atoms with Crippen molar-refractivity contribution in [2.45, 2.75) is 25.3 Å². The number of urea groups is 1. The molecule has 0 spiro atoms. The largest absolute Gasteiger partial charge is 0.325 e. The number of nitrogens with one attached hydrogen (secondary N) is 1. The first-order chi connectivity index (χ1) is 11.5. The average Bonchev–Trinajstić information content (AvgIpc) is 2.80. The number of amides is 3. The summed E-state index contributed by atoms with van der Waals surface area (Å²) in [6.07, 6.45) is 1.54. The molecule has 4 nitrogen and oxygen atoms in total. The molecule has 0 aromatic heterocycles. The maximum absolute atomic E-state index is 12.8. The standard InChI is InChI=1S/C19H19ClN2O2/c1-19(15-11-5-6-12-16(15)20)17(23)22(18(24)21-19)13-7-10-14-8-3-2-4-9-14/h2-6,8-9,11-12H,7,10,13H2,1H3,(H,21,24)/t19-/m1/s1. The molecule has 1 saturated heterocycles. The van der Waals surface area contributed by atoms with Crippen LogP contribution in [-0.4, -0.2) is 23.4 Å². The van der Waals surface area contributed by atoms with Gasteiger partial charge in [-0.15, -0.1) is 0 Å². The van der Waals surface area contributed by atoms with Crippen molar-refractivity contribution < 1.29 is 9.59 Å². The number of carbonyl (C=O) groups excluding carboxylic acids is 2. The molecule has 1 heterocycles. The van der Waals surface area contributed by atoms with Gasteiger partial charge in [0.1, 0.15) is 5.54 Å². The van der Waals surface area contributed by atoms with Crippen LogP contribution in [0.15, 0.2) is 54.6 Å². The number of aryl methyl sites for hydroxylation is 1. The van der Waals surface area contributed by atoms with Crippen molar-refractivity contribution in [3.05, 3.63) is 70.7 Å². The fourth-order valence-corrected chi connectivity index (χ4v) is 3.36. The van der Waals surface area contributed by atoms with Crippen LogP contribution in [0.4, 0.5) is 4.79 Å². The van der Waals surface area contributed by atoms with Crippen LogP contribution in [0.2, 0.25) is 5.02 Å². The highest BCUT2D eigenvalue weighted by Gasteiger charge is 2.49. The first-order valence-electron chi connectivity index (χ1n) is 7.95. The minimum absolute atomic E-state index is 0.256. The lowest BCUT2D eigenvalue weighted by molar-refractivity contribution is -0.131. The minimum atomic E-state index is -1.11. The number of imide groups is 1. The number of benzene rings is 2. The van der Waals surface area contributed by atoms with Gasteiger partial charge in [-0.25, -0.2) is 4.79 Å².